The van der Waals surface area contributed by atoms with Crippen molar-refractivity contribution >= 4 is 5.96 Å². The fourth-order valence-corrected chi connectivity index (χ4v) is 2.89. The van der Waals surface area contributed by atoms with Crippen molar-refractivity contribution in [1.82, 2.24) is 10.6 Å². The molecule has 0 aliphatic heterocycles. The first kappa shape index (κ1) is 17.7. The van der Waals surface area contributed by atoms with Crippen LogP contribution in [0.1, 0.15) is 44.7 Å². The van der Waals surface area contributed by atoms with E-state index >= 15 is 0 Å². The second-order valence-corrected chi connectivity index (χ2v) is 6.01. The number of hydrogen-bond donors (Lipinski definition) is 3. The first-order chi connectivity index (χ1) is 11.0. The highest BCUT2D eigenvalue weighted by molar-refractivity contribution is 5.80. The Morgan fingerprint density at radius 3 is 2.78 bits per heavy atom. The molecule has 1 saturated carbocycles. The van der Waals surface area contributed by atoms with Crippen molar-refractivity contribution in [2.45, 2.75) is 45.3 Å². The summed E-state index contributed by atoms with van der Waals surface area (Å²) in [5, 5.41) is 16.1. The number of rotatable bonds is 5. The van der Waals surface area contributed by atoms with E-state index in [0.29, 0.717) is 24.6 Å². The van der Waals surface area contributed by atoms with Crippen molar-refractivity contribution in [2.24, 2.45) is 10.9 Å². The molecule has 1 aromatic rings. The molecule has 1 fully saturated rings. The van der Waals surface area contributed by atoms with Gasteiger partial charge < -0.3 is 15.7 Å². The van der Waals surface area contributed by atoms with Crippen molar-refractivity contribution < 1.29 is 13.9 Å². The number of aliphatic hydroxyl groups is 1. The van der Waals surface area contributed by atoms with Crippen LogP contribution in [-0.2, 0) is 0 Å². The third-order valence-electron chi connectivity index (χ3n) is 4.23. The fraction of sp³-hybridized carbons (Fsp3) is 0.588. The number of aliphatic hydroxyl groups excluding tert-OH is 1. The molecule has 1 aromatic carbocycles. The van der Waals surface area contributed by atoms with Gasteiger partial charge in [-0.1, -0.05) is 12.5 Å². The van der Waals surface area contributed by atoms with E-state index in [0.717, 1.165) is 25.3 Å². The monoisotopic (exact) mass is 325 g/mol. The van der Waals surface area contributed by atoms with Crippen molar-refractivity contribution in [3.8, 4) is 0 Å². The molecule has 23 heavy (non-hydrogen) atoms. The number of halogens is 2. The largest absolute Gasteiger partial charge is 0.393 e. The van der Waals surface area contributed by atoms with Crippen LogP contribution >= 0.6 is 0 Å². The summed E-state index contributed by atoms with van der Waals surface area (Å²) in [6, 6.07) is 3.22. The highest BCUT2D eigenvalue weighted by atomic mass is 19.1. The third kappa shape index (κ3) is 4.89. The zero-order chi connectivity index (χ0) is 16.8. The van der Waals surface area contributed by atoms with Crippen LogP contribution in [0.15, 0.2) is 23.2 Å². The lowest BCUT2D eigenvalue weighted by atomic mass is 10.1. The van der Waals surface area contributed by atoms with Gasteiger partial charge in [0.1, 0.15) is 11.6 Å². The lowest BCUT2D eigenvalue weighted by molar-refractivity contribution is 0.136. The molecule has 0 heterocycles. The summed E-state index contributed by atoms with van der Waals surface area (Å²) in [4.78, 5) is 4.50. The molecular formula is C17H25F2N3O. The van der Waals surface area contributed by atoms with Gasteiger partial charge >= 0.3 is 0 Å². The Balaban J connectivity index is 2.02. The maximum atomic E-state index is 13.8. The first-order valence-electron chi connectivity index (χ1n) is 8.19. The lowest BCUT2D eigenvalue weighted by Gasteiger charge is -2.20. The zero-order valence-corrected chi connectivity index (χ0v) is 13.6. The number of nitrogens with one attached hydrogen (secondary N) is 2. The van der Waals surface area contributed by atoms with Gasteiger partial charge in [0, 0.05) is 30.6 Å². The molecule has 3 N–H and O–H groups in total. The van der Waals surface area contributed by atoms with Gasteiger partial charge in [-0.05, 0) is 32.8 Å². The average Bonchev–Trinajstić information content (AvgIpc) is 2.90. The van der Waals surface area contributed by atoms with Crippen LogP contribution < -0.4 is 10.6 Å². The van der Waals surface area contributed by atoms with Crippen LogP contribution in [0.3, 0.4) is 0 Å². The van der Waals surface area contributed by atoms with Crippen LogP contribution in [0.25, 0.3) is 0 Å². The zero-order valence-electron chi connectivity index (χ0n) is 13.6. The van der Waals surface area contributed by atoms with Crippen LogP contribution in [0, 0.1) is 17.6 Å². The molecule has 0 amide bonds. The van der Waals surface area contributed by atoms with Gasteiger partial charge in [0.15, 0.2) is 5.96 Å². The fourth-order valence-electron chi connectivity index (χ4n) is 2.89. The molecule has 0 aromatic heterocycles. The molecule has 1 aliphatic rings. The molecule has 3 unspecified atom stereocenters. The Hall–Kier alpha value is -1.69. The standard InChI is InChI=1S/C17H25F2N3O/c1-3-20-17(21-10-12-5-4-6-16(12)23)22-11(2)14-8-7-13(18)9-15(14)19/h7-9,11-12,16,23H,3-6,10H2,1-2H3,(H2,20,21,22). The van der Waals surface area contributed by atoms with Gasteiger partial charge in [0.05, 0.1) is 12.1 Å². The number of hydrogen-bond acceptors (Lipinski definition) is 2. The van der Waals surface area contributed by atoms with E-state index in [4.69, 9.17) is 0 Å². The molecule has 6 heteroatoms. The Morgan fingerprint density at radius 2 is 2.17 bits per heavy atom. The quantitative estimate of drug-likeness (QED) is 0.576. The van der Waals surface area contributed by atoms with E-state index in [9.17, 15) is 13.9 Å². The Kier molecular flexibility index (Phi) is 6.33. The van der Waals surface area contributed by atoms with Crippen LogP contribution in [0.4, 0.5) is 8.78 Å². The minimum absolute atomic E-state index is 0.184. The average molecular weight is 325 g/mol. The van der Waals surface area contributed by atoms with Crippen LogP contribution in [0.2, 0.25) is 0 Å². The summed E-state index contributed by atoms with van der Waals surface area (Å²) in [7, 11) is 0. The topological polar surface area (TPSA) is 56.7 Å². The van der Waals surface area contributed by atoms with Crippen molar-refractivity contribution in [3.63, 3.8) is 0 Å². The maximum absolute atomic E-state index is 13.8. The van der Waals surface area contributed by atoms with Crippen LogP contribution in [-0.4, -0.2) is 30.3 Å². The normalized spacial score (nSPS) is 22.9. The van der Waals surface area contributed by atoms with Crippen LogP contribution in [0.5, 0.6) is 0 Å². The third-order valence-corrected chi connectivity index (χ3v) is 4.23. The smallest absolute Gasteiger partial charge is 0.191 e. The van der Waals surface area contributed by atoms with E-state index in [2.05, 4.69) is 15.6 Å². The summed E-state index contributed by atoms with van der Waals surface area (Å²) in [6.07, 6.45) is 2.56. The lowest BCUT2D eigenvalue weighted by Crippen LogP contribution is -2.39. The van der Waals surface area contributed by atoms with Gasteiger partial charge in [-0.25, -0.2) is 8.78 Å². The number of nitrogens with zero attached hydrogens (tertiary/aromatic N) is 1. The number of aliphatic imine (C=N–C) groups is 1. The molecule has 0 bridgehead atoms. The van der Waals surface area contributed by atoms with Crippen molar-refractivity contribution in [2.75, 3.05) is 13.1 Å². The maximum Gasteiger partial charge on any atom is 0.191 e. The summed E-state index contributed by atoms with van der Waals surface area (Å²) in [5.41, 5.74) is 0.387. The summed E-state index contributed by atoms with van der Waals surface area (Å²) >= 11 is 0. The highest BCUT2D eigenvalue weighted by Gasteiger charge is 2.25. The Bertz CT molecular complexity index is 551. The van der Waals surface area contributed by atoms with Gasteiger partial charge in [-0.3, -0.25) is 4.99 Å². The summed E-state index contributed by atoms with van der Waals surface area (Å²) in [5.74, 6) is -0.410. The van der Waals surface area contributed by atoms with Crippen molar-refractivity contribution in [3.05, 3.63) is 35.4 Å². The molecule has 0 saturated heterocycles. The Labute approximate surface area is 136 Å². The van der Waals surface area contributed by atoms with Gasteiger partial charge in [-0.2, -0.15) is 0 Å². The number of benzene rings is 1. The van der Waals surface area contributed by atoms with Gasteiger partial charge in [-0.15, -0.1) is 0 Å². The minimum Gasteiger partial charge on any atom is -0.393 e. The van der Waals surface area contributed by atoms with E-state index in [-0.39, 0.29) is 18.1 Å². The van der Waals surface area contributed by atoms with E-state index in [1.807, 2.05) is 6.92 Å². The Morgan fingerprint density at radius 1 is 1.39 bits per heavy atom. The SMILES string of the molecule is CCNC(=NCC1CCCC1O)NC(C)c1ccc(F)cc1F. The van der Waals surface area contributed by atoms with Gasteiger partial charge in [0.25, 0.3) is 0 Å². The second kappa shape index (κ2) is 8.24. The summed E-state index contributed by atoms with van der Waals surface area (Å²) < 4.78 is 26.9. The van der Waals surface area contributed by atoms with E-state index in [1.54, 1.807) is 6.92 Å². The molecular weight excluding hydrogens is 300 g/mol. The predicted octanol–water partition coefficient (Wildman–Crippen LogP) is 2.74. The molecule has 0 radical (unpaired) electrons. The van der Waals surface area contributed by atoms with Gasteiger partial charge in [0.2, 0.25) is 0 Å². The second-order valence-electron chi connectivity index (χ2n) is 6.01. The predicted molar refractivity (Wildman–Crippen MR) is 87.2 cm³/mol. The molecule has 3 atom stereocenters. The summed E-state index contributed by atoms with van der Waals surface area (Å²) in [6.45, 7) is 4.96. The van der Waals surface area contributed by atoms with Crippen molar-refractivity contribution in [1.29, 1.82) is 0 Å². The molecule has 4 nitrogen and oxygen atoms in total. The number of guanidine groups is 1. The van der Waals surface area contributed by atoms with E-state index < -0.39 is 11.6 Å². The first-order valence-corrected chi connectivity index (χ1v) is 8.19. The molecule has 128 valence electrons. The van der Waals surface area contributed by atoms with E-state index in [1.165, 1.54) is 12.1 Å². The minimum atomic E-state index is -0.589. The molecule has 2 rings (SSSR count). The molecule has 1 aliphatic carbocycles. The highest BCUT2D eigenvalue weighted by Crippen LogP contribution is 2.25. The molecule has 0 spiro atoms.